The van der Waals surface area contributed by atoms with Crippen molar-refractivity contribution in [2.24, 2.45) is 0 Å². The Morgan fingerprint density at radius 1 is 1.43 bits per heavy atom. The Kier molecular flexibility index (Phi) is 3.95. The summed E-state index contributed by atoms with van der Waals surface area (Å²) in [6.07, 6.45) is 2.58. The minimum absolute atomic E-state index is 0.100. The molecule has 0 saturated carbocycles. The predicted octanol–water partition coefficient (Wildman–Crippen LogP) is 3.78. The Morgan fingerprint density at radius 3 is 2.87 bits per heavy atom. The third-order valence-corrected chi connectivity index (χ3v) is 4.87. The average molecular weight is 338 g/mol. The number of carbonyl (C=O) groups excluding carboxylic acids is 1. The normalized spacial score (nSPS) is 23.6. The second-order valence-corrected chi connectivity index (χ2v) is 8.03. The van der Waals surface area contributed by atoms with Gasteiger partial charge in [-0.1, -0.05) is 11.6 Å². The maximum atomic E-state index is 12.3. The van der Waals surface area contributed by atoms with E-state index >= 15 is 0 Å². The number of anilines is 1. The van der Waals surface area contributed by atoms with Crippen LogP contribution >= 0.6 is 11.6 Å². The van der Waals surface area contributed by atoms with Crippen molar-refractivity contribution in [2.45, 2.75) is 58.1 Å². The minimum Gasteiger partial charge on any atom is -0.444 e. The zero-order valence-corrected chi connectivity index (χ0v) is 15.0. The molecule has 1 fully saturated rings. The number of fused-ring (bicyclic) bond motifs is 1. The zero-order valence-electron chi connectivity index (χ0n) is 14.2. The van der Waals surface area contributed by atoms with Crippen LogP contribution in [-0.2, 0) is 11.2 Å². The van der Waals surface area contributed by atoms with Crippen LogP contribution in [0.15, 0.2) is 6.07 Å². The molecule has 23 heavy (non-hydrogen) atoms. The summed E-state index contributed by atoms with van der Waals surface area (Å²) >= 11 is 6.16. The standard InChI is InChI=1S/C17H24ClN3O2/c1-11-13(18)9-12-5-6-17(20-14(12)19-11)7-8-21(10-17)15(22)23-16(2,3)4/h9H,5-8,10H2,1-4H3,(H,19,20). The lowest BCUT2D eigenvalue weighted by Gasteiger charge is -2.36. The number of nitrogens with zero attached hydrogens (tertiary/aromatic N) is 2. The van der Waals surface area contributed by atoms with E-state index in [1.807, 2.05) is 33.8 Å². The van der Waals surface area contributed by atoms with Crippen molar-refractivity contribution in [2.75, 3.05) is 18.4 Å². The van der Waals surface area contributed by atoms with Crippen molar-refractivity contribution in [3.05, 3.63) is 22.3 Å². The zero-order chi connectivity index (χ0) is 16.8. The summed E-state index contributed by atoms with van der Waals surface area (Å²) in [5, 5.41) is 4.28. The first-order chi connectivity index (χ1) is 10.7. The maximum Gasteiger partial charge on any atom is 0.410 e. The molecular weight excluding hydrogens is 314 g/mol. The van der Waals surface area contributed by atoms with Crippen LogP contribution in [0.5, 0.6) is 0 Å². The SMILES string of the molecule is Cc1nc2c(cc1Cl)CCC1(CCN(C(=O)OC(C)(C)C)C1)N2. The number of aromatic nitrogens is 1. The van der Waals surface area contributed by atoms with Gasteiger partial charge in [0.15, 0.2) is 0 Å². The fourth-order valence-corrected chi connectivity index (χ4v) is 3.44. The number of carbonyl (C=O) groups is 1. The van der Waals surface area contributed by atoms with Gasteiger partial charge in [0.05, 0.1) is 16.3 Å². The van der Waals surface area contributed by atoms with Crippen LogP contribution < -0.4 is 5.32 Å². The van der Waals surface area contributed by atoms with Crippen LogP contribution in [0.1, 0.15) is 44.9 Å². The van der Waals surface area contributed by atoms with Crippen LogP contribution in [0.3, 0.4) is 0 Å². The number of halogens is 1. The molecule has 0 bridgehead atoms. The number of amides is 1. The third-order valence-electron chi connectivity index (χ3n) is 4.49. The molecule has 2 aliphatic heterocycles. The molecule has 3 heterocycles. The number of aryl methyl sites for hydroxylation is 2. The smallest absolute Gasteiger partial charge is 0.410 e. The van der Waals surface area contributed by atoms with Gasteiger partial charge in [-0.15, -0.1) is 0 Å². The molecule has 5 nitrogen and oxygen atoms in total. The van der Waals surface area contributed by atoms with Gasteiger partial charge >= 0.3 is 6.09 Å². The lowest BCUT2D eigenvalue weighted by Crippen LogP contribution is -2.46. The summed E-state index contributed by atoms with van der Waals surface area (Å²) in [5.74, 6) is 0.907. The summed E-state index contributed by atoms with van der Waals surface area (Å²) in [5.41, 5.74) is 1.42. The highest BCUT2D eigenvalue weighted by Crippen LogP contribution is 2.37. The van der Waals surface area contributed by atoms with Crippen molar-refractivity contribution in [1.82, 2.24) is 9.88 Å². The quantitative estimate of drug-likeness (QED) is 0.782. The lowest BCUT2D eigenvalue weighted by molar-refractivity contribution is 0.0285. The number of ether oxygens (including phenoxy) is 1. The van der Waals surface area contributed by atoms with E-state index in [1.165, 1.54) is 0 Å². The topological polar surface area (TPSA) is 54.5 Å². The van der Waals surface area contributed by atoms with Gasteiger partial charge in [-0.25, -0.2) is 9.78 Å². The lowest BCUT2D eigenvalue weighted by atomic mass is 9.87. The van der Waals surface area contributed by atoms with Gasteiger partial charge in [-0.05, 0) is 58.6 Å². The van der Waals surface area contributed by atoms with Gasteiger partial charge in [0.1, 0.15) is 11.4 Å². The van der Waals surface area contributed by atoms with Crippen molar-refractivity contribution in [1.29, 1.82) is 0 Å². The highest BCUT2D eigenvalue weighted by molar-refractivity contribution is 6.31. The van der Waals surface area contributed by atoms with Gasteiger partial charge in [0, 0.05) is 13.1 Å². The van der Waals surface area contributed by atoms with Gasteiger partial charge in [0.25, 0.3) is 0 Å². The minimum atomic E-state index is -0.463. The van der Waals surface area contributed by atoms with Crippen molar-refractivity contribution in [3.8, 4) is 0 Å². The number of nitrogens with one attached hydrogen (secondary N) is 1. The third kappa shape index (κ3) is 3.39. The molecule has 1 saturated heterocycles. The second-order valence-electron chi connectivity index (χ2n) is 7.62. The summed E-state index contributed by atoms with van der Waals surface area (Å²) in [6.45, 7) is 8.95. The molecule has 0 aromatic carbocycles. The van der Waals surface area contributed by atoms with Crippen molar-refractivity contribution in [3.63, 3.8) is 0 Å². The number of hydrogen-bond donors (Lipinski definition) is 1. The van der Waals surface area contributed by atoms with Crippen LogP contribution in [0, 0.1) is 6.92 Å². The van der Waals surface area contributed by atoms with Crippen molar-refractivity contribution < 1.29 is 9.53 Å². The van der Waals surface area contributed by atoms with E-state index in [1.54, 1.807) is 4.90 Å². The van der Waals surface area contributed by atoms with Crippen LogP contribution in [-0.4, -0.2) is 40.2 Å². The van der Waals surface area contributed by atoms with E-state index in [-0.39, 0.29) is 11.6 Å². The molecule has 1 N–H and O–H groups in total. The number of rotatable bonds is 0. The first kappa shape index (κ1) is 16.4. The molecule has 0 aliphatic carbocycles. The Hall–Kier alpha value is -1.49. The molecule has 3 rings (SSSR count). The van der Waals surface area contributed by atoms with Gasteiger partial charge in [0.2, 0.25) is 0 Å². The van der Waals surface area contributed by atoms with Crippen LogP contribution in [0.2, 0.25) is 5.02 Å². The van der Waals surface area contributed by atoms with Gasteiger partial charge < -0.3 is 15.0 Å². The summed E-state index contributed by atoms with van der Waals surface area (Å²) in [7, 11) is 0. The fraction of sp³-hybridized carbons (Fsp3) is 0.647. The van der Waals surface area contributed by atoms with E-state index in [9.17, 15) is 4.79 Å². The number of hydrogen-bond acceptors (Lipinski definition) is 4. The summed E-state index contributed by atoms with van der Waals surface area (Å²) in [6, 6.07) is 2.00. The van der Waals surface area contributed by atoms with Crippen LogP contribution in [0.25, 0.3) is 0 Å². The maximum absolute atomic E-state index is 12.3. The van der Waals surface area contributed by atoms with Gasteiger partial charge in [-0.3, -0.25) is 0 Å². The van der Waals surface area contributed by atoms with E-state index in [0.717, 1.165) is 36.3 Å². The summed E-state index contributed by atoms with van der Waals surface area (Å²) < 4.78 is 5.49. The van der Waals surface area contributed by atoms with E-state index < -0.39 is 5.60 Å². The first-order valence-electron chi connectivity index (χ1n) is 8.10. The Bertz CT molecular complexity index is 641. The molecule has 1 atom stereocenters. The molecule has 1 unspecified atom stereocenters. The number of likely N-dealkylation sites (tertiary alicyclic amines) is 1. The fourth-order valence-electron chi connectivity index (χ4n) is 3.27. The molecule has 126 valence electrons. The van der Waals surface area contributed by atoms with Crippen LogP contribution in [0.4, 0.5) is 10.6 Å². The van der Waals surface area contributed by atoms with E-state index in [4.69, 9.17) is 16.3 Å². The molecule has 1 spiro atoms. The summed E-state index contributed by atoms with van der Waals surface area (Å²) in [4.78, 5) is 18.7. The largest absolute Gasteiger partial charge is 0.444 e. The van der Waals surface area contributed by atoms with Gasteiger partial charge in [-0.2, -0.15) is 0 Å². The van der Waals surface area contributed by atoms with E-state index in [0.29, 0.717) is 18.1 Å². The molecule has 1 aromatic rings. The molecule has 0 radical (unpaired) electrons. The predicted molar refractivity (Wildman–Crippen MR) is 91.1 cm³/mol. The molecule has 6 heteroatoms. The monoisotopic (exact) mass is 337 g/mol. The molecular formula is C17H24ClN3O2. The average Bonchev–Trinajstić information content (AvgIpc) is 2.83. The molecule has 1 aromatic heterocycles. The Labute approximate surface area is 142 Å². The number of pyridine rings is 1. The second kappa shape index (κ2) is 5.55. The molecule has 1 amide bonds. The van der Waals surface area contributed by atoms with Crippen molar-refractivity contribution >= 4 is 23.5 Å². The van der Waals surface area contributed by atoms with E-state index in [2.05, 4.69) is 10.3 Å². The highest BCUT2D eigenvalue weighted by atomic mass is 35.5. The Balaban J connectivity index is 1.73. The Morgan fingerprint density at radius 2 is 2.17 bits per heavy atom. The highest BCUT2D eigenvalue weighted by Gasteiger charge is 2.43. The first-order valence-corrected chi connectivity index (χ1v) is 8.47. The molecule has 2 aliphatic rings.